The van der Waals surface area contributed by atoms with Crippen molar-refractivity contribution in [2.75, 3.05) is 36.9 Å². The number of hydrogen-bond donors (Lipinski definition) is 3. The number of rotatable bonds is 2. The highest BCUT2D eigenvalue weighted by molar-refractivity contribution is 5.94. The molecule has 0 fully saturated rings. The zero-order valence-electron chi connectivity index (χ0n) is 19.3. The Morgan fingerprint density at radius 3 is 2.39 bits per heavy atom. The summed E-state index contributed by atoms with van der Waals surface area (Å²) in [6.45, 7) is -0.0552. The summed E-state index contributed by atoms with van der Waals surface area (Å²) in [6, 6.07) is 13.7. The zero-order chi connectivity index (χ0) is 25.4. The Morgan fingerprint density at radius 2 is 1.64 bits per heavy atom. The quantitative estimate of drug-likeness (QED) is 0.480. The summed E-state index contributed by atoms with van der Waals surface area (Å²) in [6.07, 6.45) is -2.35. The van der Waals surface area contributed by atoms with Gasteiger partial charge in [-0.05, 0) is 61.2 Å². The van der Waals surface area contributed by atoms with Gasteiger partial charge in [-0.3, -0.25) is 4.79 Å². The number of amides is 1. The molecule has 0 radical (unpaired) electrons. The van der Waals surface area contributed by atoms with E-state index in [1.165, 1.54) is 0 Å². The number of halogens is 3. The Hall–Kier alpha value is -4.09. The highest BCUT2D eigenvalue weighted by Gasteiger charge is 2.29. The van der Waals surface area contributed by atoms with Crippen LogP contribution in [0.25, 0.3) is 0 Å². The van der Waals surface area contributed by atoms with Crippen LogP contribution >= 0.6 is 0 Å². The topological polar surface area (TPSA) is 110 Å². The molecule has 4 aliphatic rings. The second-order valence-corrected chi connectivity index (χ2v) is 8.00. The molecule has 0 atom stereocenters. The van der Waals surface area contributed by atoms with Crippen molar-refractivity contribution in [2.45, 2.75) is 25.4 Å². The Kier molecular flexibility index (Phi) is 8.03. The average Bonchev–Trinajstić information content (AvgIpc) is 2.85. The van der Waals surface area contributed by atoms with E-state index in [2.05, 4.69) is 30.9 Å². The molecule has 6 bridgehead atoms. The van der Waals surface area contributed by atoms with Crippen LogP contribution in [0, 0.1) is 0 Å². The van der Waals surface area contributed by atoms with Gasteiger partial charge in [-0.15, -0.1) is 0 Å². The van der Waals surface area contributed by atoms with Gasteiger partial charge in [-0.2, -0.15) is 28.1 Å². The predicted molar refractivity (Wildman–Crippen MR) is 127 cm³/mol. The lowest BCUT2D eigenvalue weighted by molar-refractivity contribution is -0.154. The van der Waals surface area contributed by atoms with Crippen LogP contribution in [0.15, 0.2) is 48.5 Å². The van der Waals surface area contributed by atoms with Crippen molar-refractivity contribution in [3.05, 3.63) is 59.7 Å². The molecule has 1 amide bonds. The molecule has 0 aliphatic carbocycles. The summed E-state index contributed by atoms with van der Waals surface area (Å²) >= 11 is 0. The fraction of sp³-hybridized carbons (Fsp3) is 0.333. The van der Waals surface area contributed by atoms with Crippen LogP contribution in [-0.4, -0.2) is 53.3 Å². The van der Waals surface area contributed by atoms with Crippen molar-refractivity contribution in [3.8, 4) is 11.8 Å². The van der Waals surface area contributed by atoms with Gasteiger partial charge in [0.2, 0.25) is 11.9 Å². The van der Waals surface area contributed by atoms with Gasteiger partial charge in [0, 0.05) is 24.3 Å². The summed E-state index contributed by atoms with van der Waals surface area (Å²) in [4.78, 5) is 24.5. The van der Waals surface area contributed by atoms with E-state index in [4.69, 9.17) is 9.47 Å². The van der Waals surface area contributed by atoms with Gasteiger partial charge in [0.15, 0.2) is 6.61 Å². The minimum atomic E-state index is -4.54. The van der Waals surface area contributed by atoms with Crippen LogP contribution in [-0.2, 0) is 6.42 Å². The predicted octanol–water partition coefficient (Wildman–Crippen LogP) is 4.11. The lowest BCUT2D eigenvalue weighted by Gasteiger charge is -2.13. The van der Waals surface area contributed by atoms with Gasteiger partial charge in [-0.1, -0.05) is 12.1 Å². The maximum absolute atomic E-state index is 12.6. The zero-order valence-corrected chi connectivity index (χ0v) is 19.3. The molecule has 2 aromatic carbocycles. The van der Waals surface area contributed by atoms with Gasteiger partial charge >= 0.3 is 12.2 Å². The molecule has 7 rings (SSSR count). The molecule has 0 saturated carbocycles. The maximum atomic E-state index is 12.6. The van der Waals surface area contributed by atoms with E-state index >= 15 is 0 Å². The van der Waals surface area contributed by atoms with E-state index in [-0.39, 0.29) is 17.8 Å². The van der Waals surface area contributed by atoms with Crippen molar-refractivity contribution in [1.82, 2.24) is 20.3 Å². The Labute approximate surface area is 205 Å². The van der Waals surface area contributed by atoms with E-state index in [1.807, 2.05) is 24.3 Å². The summed E-state index contributed by atoms with van der Waals surface area (Å²) in [5.41, 5.74) is 2.02. The molecule has 0 saturated heterocycles. The lowest BCUT2D eigenvalue weighted by Crippen LogP contribution is -2.24. The first-order valence-electron chi connectivity index (χ1n) is 11.4. The number of alkyl halides is 3. The number of carbonyl (C=O) groups is 1. The van der Waals surface area contributed by atoms with E-state index in [9.17, 15) is 18.0 Å². The molecule has 12 heteroatoms. The normalized spacial score (nSPS) is 14.9. The Balaban J connectivity index is 1.55. The van der Waals surface area contributed by atoms with Crippen LogP contribution in [0.1, 0.15) is 28.8 Å². The van der Waals surface area contributed by atoms with Gasteiger partial charge in [0.05, 0.1) is 6.61 Å². The average molecular weight is 502 g/mol. The largest absolute Gasteiger partial charge is 0.494 e. The number of ether oxygens (including phenoxy) is 2. The fourth-order valence-electron chi connectivity index (χ4n) is 3.33. The number of hydrogen-bond acceptors (Lipinski definition) is 8. The van der Waals surface area contributed by atoms with Crippen LogP contribution in [0.3, 0.4) is 0 Å². The van der Waals surface area contributed by atoms with Crippen LogP contribution in [0.4, 0.5) is 30.8 Å². The fourth-order valence-corrected chi connectivity index (χ4v) is 3.33. The molecule has 3 N–H and O–H groups in total. The summed E-state index contributed by atoms with van der Waals surface area (Å²) in [5.74, 6) is 0.584. The molecule has 3 aromatic rings. The molecular weight excluding hydrogens is 477 g/mol. The maximum Gasteiger partial charge on any atom is 0.422 e. The number of benzene rings is 2. The Morgan fingerprint density at radius 1 is 0.889 bits per heavy atom. The van der Waals surface area contributed by atoms with Crippen molar-refractivity contribution in [1.29, 1.82) is 0 Å². The first kappa shape index (κ1) is 25.0. The summed E-state index contributed by atoms with van der Waals surface area (Å²) in [7, 11) is 0. The van der Waals surface area contributed by atoms with E-state index < -0.39 is 18.8 Å². The second-order valence-electron chi connectivity index (χ2n) is 8.00. The molecule has 1 aromatic heterocycles. The third kappa shape index (κ3) is 7.72. The number of nitrogens with zero attached hydrogens (tertiary/aromatic N) is 3. The number of aromatic nitrogens is 3. The molecule has 0 spiro atoms. The van der Waals surface area contributed by atoms with E-state index in [0.717, 1.165) is 24.2 Å². The van der Waals surface area contributed by atoms with Crippen LogP contribution in [0.2, 0.25) is 0 Å². The molecule has 190 valence electrons. The highest BCUT2D eigenvalue weighted by atomic mass is 19.4. The first-order valence-corrected chi connectivity index (χ1v) is 11.4. The summed E-state index contributed by atoms with van der Waals surface area (Å²) in [5, 5.41) is 8.78. The molecule has 0 unspecified atom stereocenters. The van der Waals surface area contributed by atoms with E-state index in [1.54, 1.807) is 24.3 Å². The van der Waals surface area contributed by atoms with Gasteiger partial charge in [0.25, 0.3) is 5.91 Å². The lowest BCUT2D eigenvalue weighted by atomic mass is 10.1. The summed E-state index contributed by atoms with van der Waals surface area (Å²) < 4.78 is 48.4. The molecule has 36 heavy (non-hydrogen) atoms. The monoisotopic (exact) mass is 502 g/mol. The Bertz CT molecular complexity index is 1160. The number of nitrogens with one attached hydrogen (secondary N) is 3. The number of anilines is 3. The SMILES string of the molecule is O=C1NCCCCOc2ccc(cc2)CCNc2nc(nc(OCC(F)(F)F)n2)Nc2ccc1cc2. The van der Waals surface area contributed by atoms with Gasteiger partial charge in [0.1, 0.15) is 5.75 Å². The van der Waals surface area contributed by atoms with Crippen molar-refractivity contribution < 1.29 is 27.4 Å². The molecule has 5 heterocycles. The minimum absolute atomic E-state index is 0.00878. The first-order chi connectivity index (χ1) is 17.3. The molecular formula is C24H25F3N6O3. The van der Waals surface area contributed by atoms with Crippen molar-refractivity contribution in [2.24, 2.45) is 0 Å². The third-order valence-corrected chi connectivity index (χ3v) is 5.13. The molecule has 9 nitrogen and oxygen atoms in total. The minimum Gasteiger partial charge on any atom is -0.494 e. The smallest absolute Gasteiger partial charge is 0.422 e. The van der Waals surface area contributed by atoms with Crippen LogP contribution < -0.4 is 25.4 Å². The standard InChI is InChI=1S/C24H25F3N6O3/c25-24(26,27)15-36-23-32-21-29-13-11-16-3-9-19(10-4-16)35-14-2-1-12-28-20(34)17-5-7-18(8-6-17)30-22(31-21)33-23/h3-10H,1-2,11-15H2,(H,28,34)(H2,29,30,31,32,33). The second kappa shape index (κ2) is 11.6. The highest BCUT2D eigenvalue weighted by Crippen LogP contribution is 2.20. The van der Waals surface area contributed by atoms with Crippen LogP contribution in [0.5, 0.6) is 11.8 Å². The molecule has 4 aliphatic heterocycles. The number of carbonyl (C=O) groups excluding carboxylic acids is 1. The van der Waals surface area contributed by atoms with Crippen molar-refractivity contribution in [3.63, 3.8) is 0 Å². The van der Waals surface area contributed by atoms with E-state index in [0.29, 0.717) is 37.4 Å². The van der Waals surface area contributed by atoms with Crippen molar-refractivity contribution >= 4 is 23.5 Å². The third-order valence-electron chi connectivity index (χ3n) is 5.13. The van der Waals surface area contributed by atoms with Gasteiger partial charge < -0.3 is 25.4 Å². The van der Waals surface area contributed by atoms with Gasteiger partial charge in [-0.25, -0.2) is 0 Å².